The molecule has 2 rings (SSSR count). The minimum Gasteiger partial charge on any atom is -0.449 e. The van der Waals surface area contributed by atoms with E-state index in [4.69, 9.17) is 9.26 Å². The number of nitrogens with one attached hydrogen (secondary N) is 1. The Hall–Kier alpha value is -2.63. The molecule has 1 aromatic carbocycles. The van der Waals surface area contributed by atoms with Gasteiger partial charge in [-0.2, -0.15) is 0 Å². The lowest BCUT2D eigenvalue weighted by Crippen LogP contribution is -2.30. The molecular weight excluding hydrogens is 308 g/mol. The van der Waals surface area contributed by atoms with Crippen LogP contribution in [-0.2, 0) is 9.53 Å². The third-order valence-corrected chi connectivity index (χ3v) is 3.59. The molecule has 0 saturated carbocycles. The number of amides is 1. The molecule has 0 saturated heterocycles. The summed E-state index contributed by atoms with van der Waals surface area (Å²) < 4.78 is 10.4. The number of aromatic nitrogens is 1. The van der Waals surface area contributed by atoms with Crippen molar-refractivity contribution in [1.29, 1.82) is 0 Å². The topological polar surface area (TPSA) is 81.4 Å². The van der Waals surface area contributed by atoms with E-state index < -0.39 is 18.0 Å². The van der Waals surface area contributed by atoms with Crippen molar-refractivity contribution in [3.63, 3.8) is 0 Å². The first-order chi connectivity index (χ1) is 11.3. The Morgan fingerprint density at radius 1 is 1.12 bits per heavy atom. The standard InChI is InChI=1S/C18H22N2O4/c1-10(2)16-15(12(4)20-24-16)18(22)23-13(5)17(21)19-14-8-6-11(3)7-9-14/h6-10,13H,1-5H3,(H,19,21)/t13-/m1/s1. The number of benzene rings is 1. The molecule has 128 valence electrons. The van der Waals surface area contributed by atoms with Crippen molar-refractivity contribution in [1.82, 2.24) is 5.16 Å². The molecule has 1 heterocycles. The van der Waals surface area contributed by atoms with Gasteiger partial charge >= 0.3 is 5.97 Å². The maximum Gasteiger partial charge on any atom is 0.344 e. The van der Waals surface area contributed by atoms with Crippen LogP contribution >= 0.6 is 0 Å². The van der Waals surface area contributed by atoms with Gasteiger partial charge in [-0.1, -0.05) is 36.7 Å². The highest BCUT2D eigenvalue weighted by atomic mass is 16.5. The van der Waals surface area contributed by atoms with Gasteiger partial charge in [0.1, 0.15) is 5.56 Å². The first-order valence-corrected chi connectivity index (χ1v) is 7.84. The summed E-state index contributed by atoms with van der Waals surface area (Å²) in [4.78, 5) is 24.5. The molecule has 0 unspecified atom stereocenters. The number of esters is 1. The lowest BCUT2D eigenvalue weighted by atomic mass is 10.1. The van der Waals surface area contributed by atoms with E-state index in [-0.39, 0.29) is 5.92 Å². The van der Waals surface area contributed by atoms with E-state index >= 15 is 0 Å². The molecule has 0 bridgehead atoms. The monoisotopic (exact) mass is 330 g/mol. The van der Waals surface area contributed by atoms with Gasteiger partial charge in [-0.05, 0) is 32.9 Å². The minimum absolute atomic E-state index is 0.00885. The molecule has 24 heavy (non-hydrogen) atoms. The number of carbonyl (C=O) groups is 2. The van der Waals surface area contributed by atoms with Crippen LogP contribution in [0.3, 0.4) is 0 Å². The molecule has 0 aliphatic heterocycles. The number of hydrogen-bond acceptors (Lipinski definition) is 5. The van der Waals surface area contributed by atoms with Crippen molar-refractivity contribution in [3.05, 3.63) is 46.8 Å². The number of ether oxygens (including phenoxy) is 1. The molecule has 1 aromatic heterocycles. The summed E-state index contributed by atoms with van der Waals surface area (Å²) in [5, 5.41) is 6.53. The third kappa shape index (κ3) is 4.01. The lowest BCUT2D eigenvalue weighted by molar-refractivity contribution is -0.123. The van der Waals surface area contributed by atoms with E-state index in [1.54, 1.807) is 19.1 Å². The Morgan fingerprint density at radius 3 is 2.33 bits per heavy atom. The highest BCUT2D eigenvalue weighted by Crippen LogP contribution is 2.23. The highest BCUT2D eigenvalue weighted by molar-refractivity contribution is 5.98. The maximum absolute atomic E-state index is 12.4. The first kappa shape index (κ1) is 17.7. The van der Waals surface area contributed by atoms with Crippen molar-refractivity contribution >= 4 is 17.6 Å². The molecule has 6 nitrogen and oxygen atoms in total. The van der Waals surface area contributed by atoms with Crippen molar-refractivity contribution in [2.45, 2.75) is 46.6 Å². The average Bonchev–Trinajstić information content (AvgIpc) is 2.91. The minimum atomic E-state index is -0.937. The van der Waals surface area contributed by atoms with E-state index in [2.05, 4.69) is 10.5 Å². The van der Waals surface area contributed by atoms with Gasteiger partial charge < -0.3 is 14.6 Å². The number of aryl methyl sites for hydroxylation is 2. The fourth-order valence-electron chi connectivity index (χ4n) is 2.18. The van der Waals surface area contributed by atoms with Crippen LogP contribution in [0.25, 0.3) is 0 Å². The number of anilines is 1. The zero-order valence-electron chi connectivity index (χ0n) is 14.5. The van der Waals surface area contributed by atoms with Gasteiger partial charge in [0.15, 0.2) is 11.9 Å². The van der Waals surface area contributed by atoms with E-state index in [9.17, 15) is 9.59 Å². The quantitative estimate of drug-likeness (QED) is 0.847. The van der Waals surface area contributed by atoms with Crippen LogP contribution in [-0.4, -0.2) is 23.1 Å². The maximum atomic E-state index is 12.4. The second kappa shape index (κ2) is 7.29. The molecule has 0 aliphatic carbocycles. The van der Waals surface area contributed by atoms with Crippen LogP contribution in [0.1, 0.15) is 54.1 Å². The fraction of sp³-hybridized carbons (Fsp3) is 0.389. The van der Waals surface area contributed by atoms with E-state index in [0.29, 0.717) is 22.7 Å². The summed E-state index contributed by atoms with van der Waals surface area (Å²) in [6.07, 6.45) is -0.937. The molecule has 0 fully saturated rings. The summed E-state index contributed by atoms with van der Waals surface area (Å²) in [6, 6.07) is 7.37. The largest absolute Gasteiger partial charge is 0.449 e. The van der Waals surface area contributed by atoms with Gasteiger partial charge in [-0.15, -0.1) is 0 Å². The van der Waals surface area contributed by atoms with Gasteiger partial charge in [0.2, 0.25) is 0 Å². The summed E-state index contributed by atoms with van der Waals surface area (Å²) >= 11 is 0. The SMILES string of the molecule is Cc1ccc(NC(=O)[C@@H](C)OC(=O)c2c(C)noc2C(C)C)cc1. The van der Waals surface area contributed by atoms with Crippen molar-refractivity contribution in [2.75, 3.05) is 5.32 Å². The van der Waals surface area contributed by atoms with Crippen LogP contribution in [0.5, 0.6) is 0 Å². The number of carbonyl (C=O) groups excluding carboxylic acids is 2. The van der Waals surface area contributed by atoms with E-state index in [1.807, 2.05) is 32.9 Å². The normalized spacial score (nSPS) is 12.1. The first-order valence-electron chi connectivity index (χ1n) is 7.84. The number of rotatable bonds is 5. The van der Waals surface area contributed by atoms with Crippen LogP contribution in [0.15, 0.2) is 28.8 Å². The smallest absolute Gasteiger partial charge is 0.344 e. The number of hydrogen-bond donors (Lipinski definition) is 1. The molecule has 0 spiro atoms. The molecule has 6 heteroatoms. The van der Waals surface area contributed by atoms with Crippen molar-refractivity contribution in [2.24, 2.45) is 0 Å². The Labute approximate surface area is 141 Å². The zero-order chi connectivity index (χ0) is 17.9. The number of nitrogens with zero attached hydrogens (tertiary/aromatic N) is 1. The third-order valence-electron chi connectivity index (χ3n) is 3.59. The summed E-state index contributed by atoms with van der Waals surface area (Å²) in [5.41, 5.74) is 2.49. The van der Waals surface area contributed by atoms with Crippen molar-refractivity contribution < 1.29 is 18.8 Å². The van der Waals surface area contributed by atoms with Crippen LogP contribution < -0.4 is 5.32 Å². The van der Waals surface area contributed by atoms with E-state index in [1.165, 1.54) is 6.92 Å². The molecule has 1 atom stereocenters. The van der Waals surface area contributed by atoms with Gasteiger partial charge in [-0.3, -0.25) is 4.79 Å². The molecular formula is C18H22N2O4. The summed E-state index contributed by atoms with van der Waals surface area (Å²) in [7, 11) is 0. The molecule has 0 aliphatic rings. The predicted octanol–water partition coefficient (Wildman–Crippen LogP) is 3.60. The van der Waals surface area contributed by atoms with Crippen LogP contribution in [0, 0.1) is 13.8 Å². The second-order valence-corrected chi connectivity index (χ2v) is 6.06. The summed E-state index contributed by atoms with van der Waals surface area (Å²) in [5.74, 6) is -0.550. The molecule has 2 aromatic rings. The Balaban J connectivity index is 2.04. The fourth-order valence-corrected chi connectivity index (χ4v) is 2.18. The molecule has 1 amide bonds. The second-order valence-electron chi connectivity index (χ2n) is 6.06. The highest BCUT2D eigenvalue weighted by Gasteiger charge is 2.27. The van der Waals surface area contributed by atoms with Crippen molar-refractivity contribution in [3.8, 4) is 0 Å². The van der Waals surface area contributed by atoms with Gasteiger partial charge in [0.25, 0.3) is 5.91 Å². The van der Waals surface area contributed by atoms with E-state index in [0.717, 1.165) is 5.56 Å². The molecule has 1 N–H and O–H groups in total. The lowest BCUT2D eigenvalue weighted by Gasteiger charge is -2.14. The Morgan fingerprint density at radius 2 is 1.75 bits per heavy atom. The van der Waals surface area contributed by atoms with Crippen LogP contribution in [0.2, 0.25) is 0 Å². The molecule has 0 radical (unpaired) electrons. The average molecular weight is 330 g/mol. The van der Waals surface area contributed by atoms with Gasteiger partial charge in [-0.25, -0.2) is 4.79 Å². The Kier molecular flexibility index (Phi) is 5.39. The van der Waals surface area contributed by atoms with Gasteiger partial charge in [0.05, 0.1) is 5.69 Å². The Bertz CT molecular complexity index is 732. The van der Waals surface area contributed by atoms with Crippen LogP contribution in [0.4, 0.5) is 5.69 Å². The zero-order valence-corrected chi connectivity index (χ0v) is 14.5. The predicted molar refractivity (Wildman–Crippen MR) is 90.0 cm³/mol. The summed E-state index contributed by atoms with van der Waals surface area (Å²) in [6.45, 7) is 8.94. The van der Waals surface area contributed by atoms with Gasteiger partial charge in [0, 0.05) is 11.6 Å².